The maximum absolute atomic E-state index is 11.9. The van der Waals surface area contributed by atoms with Crippen LogP contribution in [-0.2, 0) is 16.0 Å². The summed E-state index contributed by atoms with van der Waals surface area (Å²) in [6, 6.07) is 5.92. The van der Waals surface area contributed by atoms with Gasteiger partial charge in [0.05, 0.1) is 12.5 Å². The van der Waals surface area contributed by atoms with E-state index in [4.69, 9.17) is 9.47 Å². The minimum Gasteiger partial charge on any atom is -0.484 e. The van der Waals surface area contributed by atoms with Crippen molar-refractivity contribution in [3.8, 4) is 5.75 Å². The lowest BCUT2D eigenvalue weighted by atomic mass is 9.78. The number of ether oxygens (including phenoxy) is 2. The Bertz CT molecular complexity index is 486. The van der Waals surface area contributed by atoms with Crippen LogP contribution >= 0.6 is 15.9 Å². The summed E-state index contributed by atoms with van der Waals surface area (Å²) in [7, 11) is 0. The third-order valence-corrected chi connectivity index (χ3v) is 4.04. The molecule has 1 saturated heterocycles. The van der Waals surface area contributed by atoms with E-state index in [2.05, 4.69) is 15.9 Å². The van der Waals surface area contributed by atoms with E-state index in [1.165, 1.54) is 0 Å². The van der Waals surface area contributed by atoms with Crippen molar-refractivity contribution in [3.63, 3.8) is 0 Å². The number of benzene rings is 1. The van der Waals surface area contributed by atoms with Crippen LogP contribution < -0.4 is 4.74 Å². The number of halogens is 1. The van der Waals surface area contributed by atoms with Crippen molar-refractivity contribution in [2.24, 2.45) is 5.92 Å². The lowest BCUT2D eigenvalue weighted by molar-refractivity contribution is -0.154. The van der Waals surface area contributed by atoms with Gasteiger partial charge in [0.15, 0.2) is 5.78 Å². The minimum absolute atomic E-state index is 0.0851. The van der Waals surface area contributed by atoms with Gasteiger partial charge >= 0.3 is 0 Å². The van der Waals surface area contributed by atoms with Gasteiger partial charge in [-0.1, -0.05) is 15.9 Å². The van der Waals surface area contributed by atoms with Gasteiger partial charge in [-0.3, -0.25) is 4.79 Å². The van der Waals surface area contributed by atoms with E-state index in [0.717, 1.165) is 22.2 Å². The maximum atomic E-state index is 11.9. The lowest BCUT2D eigenvalue weighted by Gasteiger charge is -2.44. The van der Waals surface area contributed by atoms with E-state index in [-0.39, 0.29) is 18.3 Å². The molecule has 1 fully saturated rings. The standard InChI is InChI=1S/C13H13BrO3/c1-13-7-16-6-11(15)10(13)5-8-4-9(14)2-3-12(8)17-13/h2-4,10H,5-7H2,1H3/t10-,13-/m0/s1. The Morgan fingerprint density at radius 1 is 1.47 bits per heavy atom. The van der Waals surface area contributed by atoms with Gasteiger partial charge in [0, 0.05) is 4.47 Å². The van der Waals surface area contributed by atoms with Gasteiger partial charge in [0.1, 0.15) is 18.0 Å². The highest BCUT2D eigenvalue weighted by Crippen LogP contribution is 2.40. The molecule has 0 aromatic heterocycles. The first-order valence-electron chi connectivity index (χ1n) is 5.66. The molecule has 0 aliphatic carbocycles. The molecule has 4 heteroatoms. The molecule has 2 atom stereocenters. The van der Waals surface area contributed by atoms with Gasteiger partial charge in [0.2, 0.25) is 0 Å². The molecule has 2 aliphatic rings. The quantitative estimate of drug-likeness (QED) is 0.737. The van der Waals surface area contributed by atoms with Crippen molar-refractivity contribution in [3.05, 3.63) is 28.2 Å². The Morgan fingerprint density at radius 2 is 2.29 bits per heavy atom. The average molecular weight is 297 g/mol. The van der Waals surface area contributed by atoms with Crippen LogP contribution in [0.1, 0.15) is 12.5 Å². The first-order chi connectivity index (χ1) is 8.08. The van der Waals surface area contributed by atoms with Crippen molar-refractivity contribution in [2.75, 3.05) is 13.2 Å². The second kappa shape index (κ2) is 3.82. The van der Waals surface area contributed by atoms with Crippen molar-refractivity contribution >= 4 is 21.7 Å². The van der Waals surface area contributed by atoms with Gasteiger partial charge in [0.25, 0.3) is 0 Å². The Balaban J connectivity index is 2.03. The van der Waals surface area contributed by atoms with Gasteiger partial charge in [-0.05, 0) is 37.1 Å². The highest BCUT2D eigenvalue weighted by atomic mass is 79.9. The van der Waals surface area contributed by atoms with Crippen LogP contribution in [0.25, 0.3) is 0 Å². The number of rotatable bonds is 0. The second-order valence-corrected chi connectivity index (χ2v) is 5.80. The Labute approximate surface area is 108 Å². The monoisotopic (exact) mass is 296 g/mol. The third kappa shape index (κ3) is 1.79. The molecule has 0 N–H and O–H groups in total. The van der Waals surface area contributed by atoms with Crippen molar-refractivity contribution in [1.82, 2.24) is 0 Å². The largest absolute Gasteiger partial charge is 0.484 e. The van der Waals surface area contributed by atoms with E-state index in [9.17, 15) is 4.79 Å². The van der Waals surface area contributed by atoms with E-state index in [1.807, 2.05) is 25.1 Å². The summed E-state index contributed by atoms with van der Waals surface area (Å²) in [5.74, 6) is 0.924. The van der Waals surface area contributed by atoms with Crippen LogP contribution in [0.3, 0.4) is 0 Å². The average Bonchev–Trinajstić information content (AvgIpc) is 2.28. The summed E-state index contributed by atoms with van der Waals surface area (Å²) >= 11 is 3.44. The summed E-state index contributed by atoms with van der Waals surface area (Å²) in [6.45, 7) is 2.66. The van der Waals surface area contributed by atoms with Crippen LogP contribution in [-0.4, -0.2) is 24.6 Å². The maximum Gasteiger partial charge on any atom is 0.165 e. The summed E-state index contributed by atoms with van der Waals surface area (Å²) in [5, 5.41) is 0. The number of hydrogen-bond acceptors (Lipinski definition) is 3. The van der Waals surface area contributed by atoms with Gasteiger partial charge in [-0.2, -0.15) is 0 Å². The lowest BCUT2D eigenvalue weighted by Crippen LogP contribution is -2.56. The predicted molar refractivity (Wildman–Crippen MR) is 66.2 cm³/mol. The smallest absolute Gasteiger partial charge is 0.165 e. The normalized spacial score (nSPS) is 31.4. The molecule has 1 aromatic rings. The molecule has 0 spiro atoms. The van der Waals surface area contributed by atoms with Crippen LogP contribution in [0.2, 0.25) is 0 Å². The van der Waals surface area contributed by atoms with Crippen LogP contribution in [0.15, 0.2) is 22.7 Å². The zero-order valence-electron chi connectivity index (χ0n) is 9.53. The summed E-state index contributed by atoms with van der Waals surface area (Å²) < 4.78 is 12.3. The number of Topliss-reactive ketones (excluding diaryl/α,β-unsaturated/α-hetero) is 1. The Kier molecular flexibility index (Phi) is 2.52. The summed E-state index contributed by atoms with van der Waals surface area (Å²) in [6.07, 6.45) is 0.744. The predicted octanol–water partition coefficient (Wildman–Crippen LogP) is 2.36. The molecule has 3 nitrogen and oxygen atoms in total. The van der Waals surface area contributed by atoms with Crippen LogP contribution in [0.5, 0.6) is 5.75 Å². The zero-order chi connectivity index (χ0) is 12.0. The van der Waals surface area contributed by atoms with E-state index in [0.29, 0.717) is 6.61 Å². The number of ketones is 1. The van der Waals surface area contributed by atoms with E-state index >= 15 is 0 Å². The molecular formula is C13H13BrO3. The topological polar surface area (TPSA) is 35.5 Å². The molecule has 17 heavy (non-hydrogen) atoms. The van der Waals surface area contributed by atoms with Crippen LogP contribution in [0, 0.1) is 5.92 Å². The molecule has 2 heterocycles. The van der Waals surface area contributed by atoms with Gasteiger partial charge in [-0.25, -0.2) is 0 Å². The molecule has 2 aliphatic heterocycles. The molecule has 0 radical (unpaired) electrons. The molecule has 3 rings (SSSR count). The van der Waals surface area contributed by atoms with Crippen molar-refractivity contribution < 1.29 is 14.3 Å². The van der Waals surface area contributed by atoms with Crippen LogP contribution in [0.4, 0.5) is 0 Å². The Hall–Kier alpha value is -0.870. The first kappa shape index (κ1) is 11.2. The highest BCUT2D eigenvalue weighted by molar-refractivity contribution is 9.10. The molecule has 0 amide bonds. The zero-order valence-corrected chi connectivity index (χ0v) is 11.1. The summed E-state index contributed by atoms with van der Waals surface area (Å²) in [5.41, 5.74) is 0.591. The molecule has 90 valence electrons. The number of carbonyl (C=O) groups is 1. The number of hydrogen-bond donors (Lipinski definition) is 0. The van der Waals surface area contributed by atoms with E-state index in [1.54, 1.807) is 0 Å². The number of carbonyl (C=O) groups excluding carboxylic acids is 1. The molecule has 0 unspecified atom stereocenters. The van der Waals surface area contributed by atoms with Crippen molar-refractivity contribution in [1.29, 1.82) is 0 Å². The molecular weight excluding hydrogens is 284 g/mol. The molecule has 0 bridgehead atoms. The fraction of sp³-hybridized carbons (Fsp3) is 0.462. The summed E-state index contributed by atoms with van der Waals surface area (Å²) in [4.78, 5) is 11.9. The molecule has 0 saturated carbocycles. The highest BCUT2D eigenvalue weighted by Gasteiger charge is 2.47. The minimum atomic E-state index is -0.504. The van der Waals surface area contributed by atoms with Crippen molar-refractivity contribution in [2.45, 2.75) is 18.9 Å². The first-order valence-corrected chi connectivity index (χ1v) is 6.46. The fourth-order valence-corrected chi connectivity index (χ4v) is 3.01. The van der Waals surface area contributed by atoms with Gasteiger partial charge in [-0.15, -0.1) is 0 Å². The fourth-order valence-electron chi connectivity index (χ4n) is 2.60. The second-order valence-electron chi connectivity index (χ2n) is 4.88. The Morgan fingerprint density at radius 3 is 3.12 bits per heavy atom. The third-order valence-electron chi connectivity index (χ3n) is 3.55. The SMILES string of the molecule is C[C@]12COCC(=O)[C@@H]1Cc1cc(Br)ccc1O2. The molecule has 1 aromatic carbocycles. The number of fused-ring (bicyclic) bond motifs is 2. The van der Waals surface area contributed by atoms with E-state index < -0.39 is 5.60 Å². The van der Waals surface area contributed by atoms with Gasteiger partial charge < -0.3 is 9.47 Å².